The van der Waals surface area contributed by atoms with Crippen molar-refractivity contribution in [1.82, 2.24) is 25.2 Å². The van der Waals surface area contributed by atoms with Crippen LogP contribution in [0.15, 0.2) is 30.9 Å². The molecule has 1 saturated heterocycles. The molecule has 0 radical (unpaired) electrons. The Labute approximate surface area is 339 Å². The molecule has 3 N–H and O–H groups in total. The third kappa shape index (κ3) is 8.04. The number of carbonyl (C=O) groups is 4. The van der Waals surface area contributed by atoms with Gasteiger partial charge in [-0.2, -0.15) is 0 Å². The number of amides is 4. The van der Waals surface area contributed by atoms with Crippen LogP contribution in [0.4, 0.5) is 4.79 Å². The highest BCUT2D eigenvalue weighted by atomic mass is 32.2. The summed E-state index contributed by atoms with van der Waals surface area (Å²) >= 11 is 0. The zero-order chi connectivity index (χ0) is 40.8. The Balaban J connectivity index is 1.16. The van der Waals surface area contributed by atoms with Crippen molar-refractivity contribution in [3.05, 3.63) is 36.4 Å². The minimum absolute atomic E-state index is 0.00148. The molecule has 16 heteroatoms. The van der Waals surface area contributed by atoms with Crippen LogP contribution in [0.25, 0.3) is 10.9 Å². The molecule has 8 rings (SSSR count). The molecule has 3 heterocycles. The van der Waals surface area contributed by atoms with Crippen LogP contribution in [0.5, 0.6) is 17.4 Å². The number of nitrogens with one attached hydrogen (secondary N) is 3. The topological polar surface area (TPSA) is 192 Å². The van der Waals surface area contributed by atoms with Crippen molar-refractivity contribution < 1.29 is 46.5 Å². The van der Waals surface area contributed by atoms with E-state index in [1.54, 1.807) is 13.2 Å². The number of fused-ring (bicyclic) bond motifs is 4. The number of methoxy groups -OCH3 is 1. The Morgan fingerprint density at radius 1 is 1.03 bits per heavy atom. The standard InChI is InChI=1S/C42H55N5O10S/c1-4-27-22-42(27,40(50)46-58(52,53)29-16-17-29)45-38(48)32-19-28-23-47(32)39(49)37(25-10-6-7-11-25)44-41(51)57-33-15-9-13-24(33)12-8-14-26-18-30-31(20-34(26)54-3)43-36(55-5-2)21-35(30)56-28/h4,18,20-21,24-25,27-29,32-33,37H,1,5-17,19,22-23H2,2-3H3,(H,44,51)(H,45,48)(H,46,50)/t24-,27-,28+,32-,33+,37-,42-/m0/s1. The van der Waals surface area contributed by atoms with E-state index in [0.717, 1.165) is 68.7 Å². The van der Waals surface area contributed by atoms with Gasteiger partial charge in [-0.3, -0.25) is 19.1 Å². The average molecular weight is 822 g/mol. The Hall–Kier alpha value is -4.60. The quantitative estimate of drug-likeness (QED) is 0.287. The van der Waals surface area contributed by atoms with Crippen molar-refractivity contribution in [2.45, 2.75) is 132 Å². The molecule has 7 atom stereocenters. The largest absolute Gasteiger partial charge is 0.496 e. The Bertz CT molecular complexity index is 2070. The van der Waals surface area contributed by atoms with Crippen LogP contribution >= 0.6 is 0 Å². The molecular weight excluding hydrogens is 767 g/mol. The number of ether oxygens (including phenoxy) is 4. The first-order chi connectivity index (χ1) is 27.9. The summed E-state index contributed by atoms with van der Waals surface area (Å²) < 4.78 is 52.4. The first-order valence-corrected chi connectivity index (χ1v) is 22.6. The van der Waals surface area contributed by atoms with Gasteiger partial charge in [-0.25, -0.2) is 18.2 Å². The van der Waals surface area contributed by atoms with E-state index in [2.05, 4.69) is 21.9 Å². The van der Waals surface area contributed by atoms with Gasteiger partial charge in [-0.1, -0.05) is 18.9 Å². The summed E-state index contributed by atoms with van der Waals surface area (Å²) in [6.07, 6.45) is 9.30. The highest BCUT2D eigenvalue weighted by Crippen LogP contribution is 2.46. The molecule has 2 aromatic rings. The summed E-state index contributed by atoms with van der Waals surface area (Å²) in [4.78, 5) is 63.0. The van der Waals surface area contributed by atoms with Gasteiger partial charge in [-0.05, 0) is 101 Å². The van der Waals surface area contributed by atoms with E-state index >= 15 is 0 Å². The number of rotatable bonds is 10. The van der Waals surface area contributed by atoms with Crippen molar-refractivity contribution in [1.29, 1.82) is 0 Å². The number of hydrogen-bond acceptors (Lipinski definition) is 11. The molecule has 4 saturated carbocycles. The molecule has 4 aliphatic carbocycles. The van der Waals surface area contributed by atoms with Crippen LogP contribution in [0.1, 0.15) is 96.0 Å². The number of pyridine rings is 1. The first-order valence-electron chi connectivity index (χ1n) is 21.0. The fourth-order valence-corrected chi connectivity index (χ4v) is 11.1. The Morgan fingerprint density at radius 3 is 2.50 bits per heavy atom. The molecule has 0 unspecified atom stereocenters. The molecule has 4 amide bonds. The summed E-state index contributed by atoms with van der Waals surface area (Å²) in [5.41, 5.74) is 0.0190. The molecular formula is C42H55N5O10S. The Kier molecular flexibility index (Phi) is 11.2. The van der Waals surface area contributed by atoms with E-state index in [1.165, 1.54) is 11.0 Å². The van der Waals surface area contributed by atoms with Crippen molar-refractivity contribution in [3.63, 3.8) is 0 Å². The predicted octanol–water partition coefficient (Wildman–Crippen LogP) is 4.45. The van der Waals surface area contributed by atoms with Crippen molar-refractivity contribution in [2.75, 3.05) is 20.3 Å². The normalized spacial score (nSPS) is 30.3. The zero-order valence-electron chi connectivity index (χ0n) is 33.3. The van der Waals surface area contributed by atoms with Crippen LogP contribution in [-0.2, 0) is 35.6 Å². The van der Waals surface area contributed by atoms with E-state index in [1.807, 2.05) is 19.1 Å². The van der Waals surface area contributed by atoms with Crippen molar-refractivity contribution in [3.8, 4) is 17.4 Å². The van der Waals surface area contributed by atoms with Crippen LogP contribution in [0.3, 0.4) is 0 Å². The van der Waals surface area contributed by atoms with Gasteiger partial charge in [0, 0.05) is 29.9 Å². The van der Waals surface area contributed by atoms with E-state index in [9.17, 15) is 27.6 Å². The van der Waals surface area contributed by atoms with Crippen LogP contribution in [0.2, 0.25) is 0 Å². The molecule has 5 fully saturated rings. The van der Waals surface area contributed by atoms with Gasteiger partial charge in [0.15, 0.2) is 0 Å². The number of carbonyl (C=O) groups excluding carboxylic acids is 4. The molecule has 1 aromatic carbocycles. The number of hydrogen-bond donors (Lipinski definition) is 3. The third-order valence-electron chi connectivity index (χ3n) is 13.1. The summed E-state index contributed by atoms with van der Waals surface area (Å²) in [7, 11) is -2.28. The molecule has 1 aromatic heterocycles. The van der Waals surface area contributed by atoms with Gasteiger partial charge in [0.25, 0.3) is 5.91 Å². The fraction of sp³-hybridized carbons (Fsp3) is 0.643. The minimum atomic E-state index is -3.90. The highest BCUT2D eigenvalue weighted by Gasteiger charge is 2.62. The second kappa shape index (κ2) is 16.2. The van der Waals surface area contributed by atoms with Crippen molar-refractivity contribution >= 4 is 44.7 Å². The van der Waals surface area contributed by atoms with Gasteiger partial charge in [0.2, 0.25) is 27.7 Å². The maximum Gasteiger partial charge on any atom is 0.408 e. The molecule has 0 spiro atoms. The highest BCUT2D eigenvalue weighted by molar-refractivity contribution is 7.91. The lowest BCUT2D eigenvalue weighted by molar-refractivity contribution is -0.142. The molecule has 6 aliphatic rings. The average Bonchev–Trinajstić information content (AvgIpc) is 3.99. The van der Waals surface area contributed by atoms with Crippen LogP contribution in [0, 0.1) is 17.8 Å². The lowest BCUT2D eigenvalue weighted by Gasteiger charge is -2.32. The lowest BCUT2D eigenvalue weighted by Crippen LogP contribution is -2.59. The monoisotopic (exact) mass is 821 g/mol. The molecule has 2 aliphatic heterocycles. The van der Waals surface area contributed by atoms with E-state index in [-0.39, 0.29) is 37.3 Å². The second-order valence-electron chi connectivity index (χ2n) is 16.9. The van der Waals surface area contributed by atoms with Gasteiger partial charge in [0.05, 0.1) is 31.0 Å². The van der Waals surface area contributed by atoms with Crippen LogP contribution < -0.4 is 29.6 Å². The maximum absolute atomic E-state index is 14.9. The van der Waals surface area contributed by atoms with E-state index in [4.69, 9.17) is 23.9 Å². The fourth-order valence-electron chi connectivity index (χ4n) is 9.71. The number of alkyl carbamates (subject to hydrolysis) is 1. The summed E-state index contributed by atoms with van der Waals surface area (Å²) in [5.74, 6) is -0.908. The van der Waals surface area contributed by atoms with Gasteiger partial charge >= 0.3 is 6.09 Å². The molecule has 4 bridgehead atoms. The lowest BCUT2D eigenvalue weighted by atomic mass is 9.95. The van der Waals surface area contributed by atoms with E-state index in [0.29, 0.717) is 48.8 Å². The number of sulfonamides is 1. The van der Waals surface area contributed by atoms with Gasteiger partial charge in [0.1, 0.15) is 41.3 Å². The summed E-state index contributed by atoms with van der Waals surface area (Å²) in [6, 6.07) is 3.54. The van der Waals surface area contributed by atoms with Gasteiger partial charge < -0.3 is 34.5 Å². The number of benzene rings is 1. The SMILES string of the molecule is C=C[C@H]1C[C@@]1(NC(=O)[C@@H]1C[C@@H]2CN1C(=O)[C@H](C1CCCC1)NC(=O)O[C@@H]1CCC[C@@H]1CCCc1cc3c(cc(OCC)nc3cc1OC)O2)C(=O)NS(=O)(=O)C1CC1. The molecule has 15 nitrogen and oxygen atoms in total. The zero-order valence-corrected chi connectivity index (χ0v) is 34.2. The van der Waals surface area contributed by atoms with Crippen molar-refractivity contribution in [2.24, 2.45) is 17.8 Å². The van der Waals surface area contributed by atoms with E-state index < -0.39 is 68.7 Å². The number of aryl methyl sites for hydroxylation is 1. The smallest absolute Gasteiger partial charge is 0.408 e. The predicted molar refractivity (Wildman–Crippen MR) is 213 cm³/mol. The number of aromatic nitrogens is 1. The summed E-state index contributed by atoms with van der Waals surface area (Å²) in [6.45, 7) is 6.04. The third-order valence-corrected chi connectivity index (χ3v) is 14.9. The van der Waals surface area contributed by atoms with Crippen LogP contribution in [-0.4, -0.2) is 97.5 Å². The Morgan fingerprint density at radius 2 is 1.79 bits per heavy atom. The second-order valence-corrected chi connectivity index (χ2v) is 18.9. The first kappa shape index (κ1) is 40.2. The maximum atomic E-state index is 14.9. The molecule has 58 heavy (non-hydrogen) atoms. The number of nitrogens with zero attached hydrogens (tertiary/aromatic N) is 2. The summed E-state index contributed by atoms with van der Waals surface area (Å²) in [5, 5.41) is 5.90. The minimum Gasteiger partial charge on any atom is -0.496 e. The van der Waals surface area contributed by atoms with Gasteiger partial charge in [-0.15, -0.1) is 6.58 Å². The molecule has 314 valence electrons.